The highest BCUT2D eigenvalue weighted by molar-refractivity contribution is 6.35. The molecule has 0 spiro atoms. The molecule has 2 N–H and O–H groups in total. The molecule has 176 valence electrons. The fourth-order valence-corrected chi connectivity index (χ4v) is 3.63. The molecule has 1 aliphatic rings. The van der Waals surface area contributed by atoms with Gasteiger partial charge in [-0.2, -0.15) is 0 Å². The Morgan fingerprint density at radius 3 is 2.20 bits per heavy atom. The number of ether oxygens (including phenoxy) is 1. The number of imide groups is 2. The number of hydrogen-bond acceptors (Lipinski definition) is 6. The van der Waals surface area contributed by atoms with Crippen LogP contribution in [0.15, 0.2) is 72.8 Å². The molecule has 0 saturated carbocycles. The van der Waals surface area contributed by atoms with Gasteiger partial charge in [0, 0.05) is 17.6 Å². The first kappa shape index (κ1) is 23.7. The molecule has 5 amide bonds. The molecular formula is C25H18ClN3O6. The number of urea groups is 1. The number of carbonyl (C=O) groups excluding carboxylic acids is 5. The molecule has 0 aromatic heterocycles. The van der Waals surface area contributed by atoms with Crippen LogP contribution in [0.3, 0.4) is 0 Å². The number of hydrogen-bond donors (Lipinski definition) is 2. The summed E-state index contributed by atoms with van der Waals surface area (Å²) in [6, 6.07) is 17.5. The van der Waals surface area contributed by atoms with E-state index in [1.807, 2.05) is 0 Å². The highest BCUT2D eigenvalue weighted by atomic mass is 35.5. The molecule has 0 radical (unpaired) electrons. The minimum atomic E-state index is -1.43. The van der Waals surface area contributed by atoms with Crippen molar-refractivity contribution in [3.8, 4) is 0 Å². The predicted octanol–water partition coefficient (Wildman–Crippen LogP) is 3.49. The maximum Gasteiger partial charge on any atom is 0.339 e. The van der Waals surface area contributed by atoms with E-state index in [1.165, 1.54) is 37.4 Å². The zero-order chi connectivity index (χ0) is 25.1. The number of nitrogens with one attached hydrogen (secondary N) is 2. The fourth-order valence-electron chi connectivity index (χ4n) is 3.51. The van der Waals surface area contributed by atoms with Gasteiger partial charge in [-0.3, -0.25) is 19.7 Å². The van der Waals surface area contributed by atoms with Crippen molar-refractivity contribution in [2.24, 2.45) is 0 Å². The second kappa shape index (κ2) is 9.78. The van der Waals surface area contributed by atoms with Crippen LogP contribution in [-0.4, -0.2) is 36.8 Å². The van der Waals surface area contributed by atoms with Gasteiger partial charge < -0.3 is 10.1 Å². The smallest absolute Gasteiger partial charge is 0.339 e. The van der Waals surface area contributed by atoms with Gasteiger partial charge >= 0.3 is 12.0 Å². The van der Waals surface area contributed by atoms with Gasteiger partial charge in [0.1, 0.15) is 0 Å². The molecule has 3 aromatic carbocycles. The van der Waals surface area contributed by atoms with E-state index in [4.69, 9.17) is 16.3 Å². The molecule has 0 fully saturated rings. The molecule has 10 heteroatoms. The Hall–Kier alpha value is -4.50. The quantitative estimate of drug-likeness (QED) is 0.416. The molecule has 1 unspecified atom stereocenters. The predicted molar refractivity (Wildman–Crippen MR) is 126 cm³/mol. The van der Waals surface area contributed by atoms with E-state index in [2.05, 4.69) is 10.6 Å². The largest absolute Gasteiger partial charge is 0.444 e. The standard InChI is InChI=1S/C25H18ClN3O6/c1-27-25(34)28-21(30)20(14-5-3-2-4-6-14)35-24(33)15-7-12-18-19(13-15)23(32)29(22(18)31)17-10-8-16(26)9-11-17/h2-13,20H,1H3,(H2,27,28,30,34). The second-order valence-corrected chi connectivity index (χ2v) is 7.88. The van der Waals surface area contributed by atoms with Crippen LogP contribution < -0.4 is 15.5 Å². The van der Waals surface area contributed by atoms with Crippen LogP contribution in [0, 0.1) is 0 Å². The van der Waals surface area contributed by atoms with Crippen LogP contribution in [0.2, 0.25) is 5.02 Å². The van der Waals surface area contributed by atoms with E-state index >= 15 is 0 Å². The summed E-state index contributed by atoms with van der Waals surface area (Å²) in [6.45, 7) is 0. The Morgan fingerprint density at radius 1 is 0.886 bits per heavy atom. The molecule has 0 bridgehead atoms. The van der Waals surface area contributed by atoms with E-state index in [9.17, 15) is 24.0 Å². The molecule has 0 aliphatic carbocycles. The number of nitrogens with zero attached hydrogens (tertiary/aromatic N) is 1. The summed E-state index contributed by atoms with van der Waals surface area (Å²) >= 11 is 5.89. The summed E-state index contributed by atoms with van der Waals surface area (Å²) in [6.07, 6.45) is -1.43. The molecule has 1 atom stereocenters. The van der Waals surface area contributed by atoms with Crippen molar-refractivity contribution >= 4 is 47.0 Å². The van der Waals surface area contributed by atoms with Gasteiger partial charge in [-0.25, -0.2) is 14.5 Å². The SMILES string of the molecule is CNC(=O)NC(=O)C(OC(=O)c1ccc2c(c1)C(=O)N(c1ccc(Cl)cc1)C2=O)c1ccccc1. The van der Waals surface area contributed by atoms with E-state index in [0.717, 1.165) is 4.90 Å². The van der Waals surface area contributed by atoms with E-state index < -0.39 is 35.8 Å². The topological polar surface area (TPSA) is 122 Å². The maximum absolute atomic E-state index is 13.0. The molecule has 9 nitrogen and oxygen atoms in total. The molecule has 0 saturated heterocycles. The highest BCUT2D eigenvalue weighted by Gasteiger charge is 2.37. The minimum absolute atomic E-state index is 0.0190. The number of carbonyl (C=O) groups is 5. The first-order valence-electron chi connectivity index (χ1n) is 10.4. The lowest BCUT2D eigenvalue weighted by atomic mass is 10.1. The Bertz CT molecular complexity index is 1340. The average Bonchev–Trinajstić information content (AvgIpc) is 3.12. The first-order chi connectivity index (χ1) is 16.8. The lowest BCUT2D eigenvalue weighted by Gasteiger charge is -2.17. The number of fused-ring (bicyclic) bond motifs is 1. The van der Waals surface area contributed by atoms with Crippen LogP contribution in [0.1, 0.15) is 42.7 Å². The van der Waals surface area contributed by atoms with Gasteiger partial charge in [-0.05, 0) is 42.5 Å². The Kier molecular flexibility index (Phi) is 6.61. The molecule has 3 aromatic rings. The molecule has 1 heterocycles. The minimum Gasteiger partial charge on any atom is -0.444 e. The van der Waals surface area contributed by atoms with Crippen LogP contribution >= 0.6 is 11.6 Å². The van der Waals surface area contributed by atoms with Crippen molar-refractivity contribution < 1.29 is 28.7 Å². The van der Waals surface area contributed by atoms with Gasteiger partial charge in [0.25, 0.3) is 17.7 Å². The van der Waals surface area contributed by atoms with E-state index in [-0.39, 0.29) is 16.7 Å². The van der Waals surface area contributed by atoms with Crippen LogP contribution in [0.5, 0.6) is 0 Å². The van der Waals surface area contributed by atoms with Crippen molar-refractivity contribution in [2.45, 2.75) is 6.10 Å². The van der Waals surface area contributed by atoms with Crippen molar-refractivity contribution in [2.75, 3.05) is 11.9 Å². The summed E-state index contributed by atoms with van der Waals surface area (Å²) in [5.74, 6) is -2.93. The van der Waals surface area contributed by atoms with Gasteiger partial charge in [0.2, 0.25) is 6.10 Å². The third kappa shape index (κ3) is 4.75. The zero-order valence-corrected chi connectivity index (χ0v) is 19.0. The summed E-state index contributed by atoms with van der Waals surface area (Å²) < 4.78 is 5.42. The summed E-state index contributed by atoms with van der Waals surface area (Å²) in [5, 5.41) is 4.79. The number of esters is 1. The number of rotatable bonds is 5. The van der Waals surface area contributed by atoms with Crippen molar-refractivity contribution in [3.05, 3.63) is 100 Å². The average molecular weight is 492 g/mol. The molecular weight excluding hydrogens is 474 g/mol. The maximum atomic E-state index is 13.0. The molecule has 1 aliphatic heterocycles. The summed E-state index contributed by atoms with van der Waals surface area (Å²) in [4.78, 5) is 64.0. The van der Waals surface area contributed by atoms with Crippen LogP contribution in [-0.2, 0) is 9.53 Å². The van der Waals surface area contributed by atoms with Gasteiger partial charge in [0.15, 0.2) is 0 Å². The van der Waals surface area contributed by atoms with Gasteiger partial charge in [0.05, 0.1) is 22.4 Å². The molecule has 35 heavy (non-hydrogen) atoms. The number of halogens is 1. The Labute approximate surface area is 204 Å². The Morgan fingerprint density at radius 2 is 1.54 bits per heavy atom. The Balaban J connectivity index is 1.60. The second-order valence-electron chi connectivity index (χ2n) is 7.45. The van der Waals surface area contributed by atoms with E-state index in [1.54, 1.807) is 42.5 Å². The van der Waals surface area contributed by atoms with Crippen molar-refractivity contribution in [3.63, 3.8) is 0 Å². The number of amides is 5. The van der Waals surface area contributed by atoms with E-state index in [0.29, 0.717) is 16.3 Å². The highest BCUT2D eigenvalue weighted by Crippen LogP contribution is 2.30. The number of anilines is 1. The lowest BCUT2D eigenvalue weighted by molar-refractivity contribution is -0.129. The van der Waals surface area contributed by atoms with Gasteiger partial charge in [-0.15, -0.1) is 0 Å². The fraction of sp³-hybridized carbons (Fsp3) is 0.0800. The monoisotopic (exact) mass is 491 g/mol. The third-order valence-corrected chi connectivity index (χ3v) is 5.49. The number of benzene rings is 3. The normalized spacial score (nSPS) is 13.1. The molecule has 4 rings (SSSR count). The van der Waals surface area contributed by atoms with Crippen molar-refractivity contribution in [1.29, 1.82) is 0 Å². The zero-order valence-electron chi connectivity index (χ0n) is 18.3. The lowest BCUT2D eigenvalue weighted by Crippen LogP contribution is -2.41. The van der Waals surface area contributed by atoms with Crippen molar-refractivity contribution in [1.82, 2.24) is 10.6 Å². The van der Waals surface area contributed by atoms with Crippen LogP contribution in [0.4, 0.5) is 10.5 Å². The summed E-state index contributed by atoms with van der Waals surface area (Å²) in [5.41, 5.74) is 0.767. The first-order valence-corrected chi connectivity index (χ1v) is 10.7. The van der Waals surface area contributed by atoms with Gasteiger partial charge in [-0.1, -0.05) is 41.9 Å². The summed E-state index contributed by atoms with van der Waals surface area (Å²) in [7, 11) is 1.34. The third-order valence-electron chi connectivity index (χ3n) is 5.24. The van der Waals surface area contributed by atoms with Crippen LogP contribution in [0.25, 0.3) is 0 Å².